The molecular weight excluding hydrogens is 284 g/mol. The zero-order valence-corrected chi connectivity index (χ0v) is 15.4. The first kappa shape index (κ1) is 21.9. The molecule has 0 bridgehead atoms. The van der Waals surface area contributed by atoms with E-state index in [9.17, 15) is 4.79 Å². The van der Waals surface area contributed by atoms with Crippen LogP contribution in [0.2, 0.25) is 0 Å². The fourth-order valence-electron chi connectivity index (χ4n) is 2.52. The molecule has 0 heterocycles. The van der Waals surface area contributed by atoms with Crippen LogP contribution in [0.3, 0.4) is 0 Å². The Labute approximate surface area is 144 Å². The number of rotatable bonds is 16. The van der Waals surface area contributed by atoms with Crippen molar-refractivity contribution in [3.05, 3.63) is 24.3 Å². The predicted octanol–water partition coefficient (Wildman–Crippen LogP) is 6.91. The number of aliphatic carboxylic acids is 1. The van der Waals surface area contributed by atoms with Crippen molar-refractivity contribution in [2.24, 2.45) is 5.92 Å². The van der Waals surface area contributed by atoms with Crippen molar-refractivity contribution in [3.63, 3.8) is 0 Å². The number of unbranched alkanes of at least 4 members (excludes halogenated alkanes) is 7. The van der Waals surface area contributed by atoms with E-state index < -0.39 is 5.97 Å². The number of carboxylic acids is 1. The molecule has 0 rings (SSSR count). The van der Waals surface area contributed by atoms with Crippen molar-refractivity contribution in [1.82, 2.24) is 0 Å². The number of carboxylic acid groups (broad SMARTS) is 1. The Morgan fingerprint density at radius 1 is 0.826 bits per heavy atom. The summed E-state index contributed by atoms with van der Waals surface area (Å²) in [5.74, 6) is 0.209. The first-order chi connectivity index (χ1) is 11.2. The van der Waals surface area contributed by atoms with Crippen molar-refractivity contribution in [3.8, 4) is 0 Å². The van der Waals surface area contributed by atoms with Crippen LogP contribution in [0, 0.1) is 5.92 Å². The maximum Gasteiger partial charge on any atom is 0.303 e. The average Bonchev–Trinajstić information content (AvgIpc) is 2.53. The molecule has 0 aromatic carbocycles. The highest BCUT2D eigenvalue weighted by Gasteiger charge is 1.97. The smallest absolute Gasteiger partial charge is 0.303 e. The van der Waals surface area contributed by atoms with Gasteiger partial charge in [-0.3, -0.25) is 4.79 Å². The van der Waals surface area contributed by atoms with Crippen LogP contribution in [0.4, 0.5) is 0 Å². The van der Waals surface area contributed by atoms with Crippen LogP contribution in [0.25, 0.3) is 0 Å². The Kier molecular flexibility index (Phi) is 16.5. The molecule has 0 aromatic heterocycles. The van der Waals surface area contributed by atoms with E-state index in [0.29, 0.717) is 0 Å². The minimum absolute atomic E-state index is 0.280. The van der Waals surface area contributed by atoms with Gasteiger partial charge in [-0.05, 0) is 44.4 Å². The Morgan fingerprint density at radius 2 is 1.35 bits per heavy atom. The standard InChI is InChI=1S/C21H38O2/c1-3-20(2)18-16-14-12-10-8-6-4-5-7-9-11-13-15-17-19-21(22)23/h4-5,11,13,20H,3,6-10,12,14-19H2,1-2H3,(H,22,23). The molecular formula is C21H38O2. The number of carbonyl (C=O) groups is 1. The summed E-state index contributed by atoms with van der Waals surface area (Å²) in [6.07, 6.45) is 23.8. The van der Waals surface area contributed by atoms with E-state index >= 15 is 0 Å². The average molecular weight is 323 g/mol. The van der Waals surface area contributed by atoms with Gasteiger partial charge in [0.2, 0.25) is 0 Å². The second-order valence-electron chi connectivity index (χ2n) is 6.66. The topological polar surface area (TPSA) is 37.3 Å². The van der Waals surface area contributed by atoms with Gasteiger partial charge in [-0.2, -0.15) is 0 Å². The molecule has 0 aliphatic rings. The van der Waals surface area contributed by atoms with Crippen LogP contribution in [0.15, 0.2) is 24.3 Å². The minimum atomic E-state index is -0.697. The number of allylic oxidation sites excluding steroid dienone is 4. The Balaban J connectivity index is 3.22. The lowest BCUT2D eigenvalue weighted by Gasteiger charge is -2.07. The lowest BCUT2D eigenvalue weighted by Crippen LogP contribution is -1.92. The van der Waals surface area contributed by atoms with Crippen molar-refractivity contribution in [2.75, 3.05) is 0 Å². The van der Waals surface area contributed by atoms with E-state index in [1.807, 2.05) is 0 Å². The third-order valence-corrected chi connectivity index (χ3v) is 4.36. The lowest BCUT2D eigenvalue weighted by atomic mass is 10.00. The zero-order valence-electron chi connectivity index (χ0n) is 15.4. The summed E-state index contributed by atoms with van der Waals surface area (Å²) >= 11 is 0. The molecule has 0 amide bonds. The molecule has 2 heteroatoms. The van der Waals surface area contributed by atoms with E-state index in [-0.39, 0.29) is 6.42 Å². The second-order valence-corrected chi connectivity index (χ2v) is 6.66. The second kappa shape index (κ2) is 17.3. The fraction of sp³-hybridized carbons (Fsp3) is 0.762. The molecule has 23 heavy (non-hydrogen) atoms. The monoisotopic (exact) mass is 322 g/mol. The molecule has 1 N–H and O–H groups in total. The van der Waals surface area contributed by atoms with Crippen molar-refractivity contribution < 1.29 is 9.90 Å². The molecule has 0 fully saturated rings. The van der Waals surface area contributed by atoms with E-state index in [1.165, 1.54) is 51.4 Å². The quantitative estimate of drug-likeness (QED) is 0.247. The number of hydrogen-bond acceptors (Lipinski definition) is 1. The normalized spacial score (nSPS) is 13.1. The van der Waals surface area contributed by atoms with Gasteiger partial charge in [0.15, 0.2) is 0 Å². The van der Waals surface area contributed by atoms with E-state index in [0.717, 1.165) is 31.6 Å². The molecule has 0 spiro atoms. The maximum absolute atomic E-state index is 10.3. The van der Waals surface area contributed by atoms with Gasteiger partial charge < -0.3 is 5.11 Å². The Hall–Kier alpha value is -1.05. The predicted molar refractivity (Wildman–Crippen MR) is 101 cm³/mol. The number of hydrogen-bond donors (Lipinski definition) is 1. The third-order valence-electron chi connectivity index (χ3n) is 4.36. The maximum atomic E-state index is 10.3. The van der Waals surface area contributed by atoms with Gasteiger partial charge in [0.1, 0.15) is 0 Å². The molecule has 134 valence electrons. The molecule has 0 aromatic rings. The summed E-state index contributed by atoms with van der Waals surface area (Å²) in [5, 5.41) is 8.52. The molecule has 0 saturated heterocycles. The van der Waals surface area contributed by atoms with Crippen molar-refractivity contribution in [1.29, 1.82) is 0 Å². The molecule has 1 atom stereocenters. The van der Waals surface area contributed by atoms with E-state index in [2.05, 4.69) is 38.2 Å². The third kappa shape index (κ3) is 18.9. The Bertz CT molecular complexity index is 318. The summed E-state index contributed by atoms with van der Waals surface area (Å²) in [5.41, 5.74) is 0. The van der Waals surface area contributed by atoms with Gasteiger partial charge in [0, 0.05) is 6.42 Å². The summed E-state index contributed by atoms with van der Waals surface area (Å²) in [4.78, 5) is 10.3. The van der Waals surface area contributed by atoms with Gasteiger partial charge in [0.05, 0.1) is 0 Å². The van der Waals surface area contributed by atoms with Crippen LogP contribution in [0.5, 0.6) is 0 Å². The van der Waals surface area contributed by atoms with Crippen LogP contribution in [-0.2, 0) is 4.79 Å². The largest absolute Gasteiger partial charge is 0.481 e. The zero-order chi connectivity index (χ0) is 17.2. The van der Waals surface area contributed by atoms with Gasteiger partial charge in [-0.1, -0.05) is 76.7 Å². The van der Waals surface area contributed by atoms with Gasteiger partial charge in [0.25, 0.3) is 0 Å². The van der Waals surface area contributed by atoms with Crippen LogP contribution < -0.4 is 0 Å². The van der Waals surface area contributed by atoms with E-state index in [4.69, 9.17) is 5.11 Å². The van der Waals surface area contributed by atoms with Crippen LogP contribution in [0.1, 0.15) is 97.3 Å². The Morgan fingerprint density at radius 3 is 1.96 bits per heavy atom. The van der Waals surface area contributed by atoms with Crippen LogP contribution in [-0.4, -0.2) is 11.1 Å². The molecule has 0 aliphatic carbocycles. The molecule has 0 aliphatic heterocycles. The first-order valence-corrected chi connectivity index (χ1v) is 9.68. The van der Waals surface area contributed by atoms with Crippen LogP contribution >= 0.6 is 0 Å². The van der Waals surface area contributed by atoms with Gasteiger partial charge >= 0.3 is 5.97 Å². The molecule has 0 saturated carbocycles. The minimum Gasteiger partial charge on any atom is -0.481 e. The van der Waals surface area contributed by atoms with Gasteiger partial charge in [-0.15, -0.1) is 0 Å². The summed E-state index contributed by atoms with van der Waals surface area (Å²) in [6, 6.07) is 0. The first-order valence-electron chi connectivity index (χ1n) is 9.68. The van der Waals surface area contributed by atoms with E-state index in [1.54, 1.807) is 0 Å². The van der Waals surface area contributed by atoms with Gasteiger partial charge in [-0.25, -0.2) is 0 Å². The highest BCUT2D eigenvalue weighted by Crippen LogP contribution is 2.14. The SMILES string of the molecule is CCC(C)CCCCCCCC=CCCC=CCCCC(=O)O. The lowest BCUT2D eigenvalue weighted by molar-refractivity contribution is -0.137. The summed E-state index contributed by atoms with van der Waals surface area (Å²) < 4.78 is 0. The molecule has 1 unspecified atom stereocenters. The highest BCUT2D eigenvalue weighted by atomic mass is 16.4. The molecule has 2 nitrogen and oxygen atoms in total. The fourth-order valence-corrected chi connectivity index (χ4v) is 2.52. The highest BCUT2D eigenvalue weighted by molar-refractivity contribution is 5.66. The summed E-state index contributed by atoms with van der Waals surface area (Å²) in [6.45, 7) is 4.64. The molecule has 0 radical (unpaired) electrons. The summed E-state index contributed by atoms with van der Waals surface area (Å²) in [7, 11) is 0. The van der Waals surface area contributed by atoms with Crippen molar-refractivity contribution in [2.45, 2.75) is 97.3 Å². The van der Waals surface area contributed by atoms with Crippen molar-refractivity contribution >= 4 is 5.97 Å².